The van der Waals surface area contributed by atoms with Gasteiger partial charge in [0.05, 0.1) is 9.26 Å². The quantitative estimate of drug-likeness (QED) is 0.786. The number of halogens is 1. The van der Waals surface area contributed by atoms with Crippen LogP contribution in [0.25, 0.3) is 0 Å². The van der Waals surface area contributed by atoms with Gasteiger partial charge in [0.15, 0.2) is 0 Å². The Morgan fingerprint density at radius 2 is 2.00 bits per heavy atom. The summed E-state index contributed by atoms with van der Waals surface area (Å²) in [6, 6.07) is 0. The van der Waals surface area contributed by atoms with E-state index >= 15 is 0 Å². The van der Waals surface area contributed by atoms with Crippen LogP contribution in [0.2, 0.25) is 0 Å². The highest BCUT2D eigenvalue weighted by Gasteiger charge is 2.48. The summed E-state index contributed by atoms with van der Waals surface area (Å²) in [7, 11) is 0. The first-order valence-corrected chi connectivity index (χ1v) is 8.23. The SMILES string of the molecule is CCNc1nc(C2CC2(C)C)nc(CC(C)C)c1I. The van der Waals surface area contributed by atoms with Crippen LogP contribution in [0.4, 0.5) is 5.82 Å². The monoisotopic (exact) mass is 373 g/mol. The van der Waals surface area contributed by atoms with E-state index < -0.39 is 0 Å². The van der Waals surface area contributed by atoms with Crippen LogP contribution in [0, 0.1) is 14.9 Å². The van der Waals surface area contributed by atoms with E-state index in [1.165, 1.54) is 15.7 Å². The van der Waals surface area contributed by atoms with Crippen molar-refractivity contribution >= 4 is 28.4 Å². The van der Waals surface area contributed by atoms with Crippen LogP contribution in [0.15, 0.2) is 0 Å². The maximum atomic E-state index is 4.85. The molecule has 0 saturated heterocycles. The van der Waals surface area contributed by atoms with E-state index in [-0.39, 0.29) is 0 Å². The number of aromatic nitrogens is 2. The fourth-order valence-electron chi connectivity index (χ4n) is 2.38. The predicted octanol–water partition coefficient (Wildman–Crippen LogP) is 4.23. The van der Waals surface area contributed by atoms with Gasteiger partial charge in [0.25, 0.3) is 0 Å². The summed E-state index contributed by atoms with van der Waals surface area (Å²) in [4.78, 5) is 9.61. The number of hydrogen-bond acceptors (Lipinski definition) is 3. The molecule has 0 bridgehead atoms. The van der Waals surface area contributed by atoms with Gasteiger partial charge in [0, 0.05) is 12.5 Å². The Bertz CT molecular complexity index is 469. The molecule has 1 aromatic heterocycles. The van der Waals surface area contributed by atoms with Crippen molar-refractivity contribution < 1.29 is 0 Å². The smallest absolute Gasteiger partial charge is 0.143 e. The lowest BCUT2D eigenvalue weighted by atomic mass is 10.1. The van der Waals surface area contributed by atoms with Crippen molar-refractivity contribution in [1.29, 1.82) is 0 Å². The molecular formula is C15H24IN3. The molecule has 3 nitrogen and oxygen atoms in total. The van der Waals surface area contributed by atoms with Crippen LogP contribution >= 0.6 is 22.6 Å². The number of anilines is 1. The van der Waals surface area contributed by atoms with Crippen molar-refractivity contribution in [3.05, 3.63) is 15.1 Å². The van der Waals surface area contributed by atoms with Gasteiger partial charge in [-0.25, -0.2) is 9.97 Å². The molecule has 0 radical (unpaired) electrons. The summed E-state index contributed by atoms with van der Waals surface area (Å²) in [5, 5.41) is 3.38. The second-order valence-electron chi connectivity index (χ2n) is 6.56. The highest BCUT2D eigenvalue weighted by molar-refractivity contribution is 14.1. The molecule has 106 valence electrons. The Morgan fingerprint density at radius 3 is 2.47 bits per heavy atom. The van der Waals surface area contributed by atoms with Crippen LogP contribution in [-0.4, -0.2) is 16.5 Å². The molecule has 4 heteroatoms. The Balaban J connectivity index is 2.36. The molecule has 1 unspecified atom stereocenters. The van der Waals surface area contributed by atoms with Gasteiger partial charge in [-0.2, -0.15) is 0 Å². The Hall–Kier alpha value is -0.390. The fraction of sp³-hybridized carbons (Fsp3) is 0.733. The van der Waals surface area contributed by atoms with E-state index in [9.17, 15) is 0 Å². The molecular weight excluding hydrogens is 349 g/mol. The van der Waals surface area contributed by atoms with Gasteiger partial charge in [-0.15, -0.1) is 0 Å². The third-order valence-corrected chi connectivity index (χ3v) is 4.84. The van der Waals surface area contributed by atoms with Gasteiger partial charge in [-0.1, -0.05) is 27.7 Å². The van der Waals surface area contributed by atoms with E-state index in [4.69, 9.17) is 9.97 Å². The summed E-state index contributed by atoms with van der Waals surface area (Å²) in [5.41, 5.74) is 1.59. The molecule has 1 atom stereocenters. The summed E-state index contributed by atoms with van der Waals surface area (Å²) in [6.45, 7) is 12.1. The minimum atomic E-state index is 0.380. The summed E-state index contributed by atoms with van der Waals surface area (Å²) in [5.74, 6) is 3.22. The Labute approximate surface area is 130 Å². The molecule has 1 aliphatic rings. The van der Waals surface area contributed by atoms with Crippen LogP contribution in [0.3, 0.4) is 0 Å². The topological polar surface area (TPSA) is 37.8 Å². The van der Waals surface area contributed by atoms with Gasteiger partial charge in [-0.3, -0.25) is 0 Å². The number of nitrogens with zero attached hydrogens (tertiary/aromatic N) is 2. The van der Waals surface area contributed by atoms with Gasteiger partial charge in [0.1, 0.15) is 11.6 Å². The predicted molar refractivity (Wildman–Crippen MR) is 88.6 cm³/mol. The Morgan fingerprint density at radius 1 is 1.37 bits per heavy atom. The second-order valence-corrected chi connectivity index (χ2v) is 7.64. The largest absolute Gasteiger partial charge is 0.369 e. The maximum absolute atomic E-state index is 4.85. The lowest BCUT2D eigenvalue weighted by molar-refractivity contribution is 0.597. The van der Waals surface area contributed by atoms with E-state index in [1.807, 2.05) is 0 Å². The van der Waals surface area contributed by atoms with E-state index in [1.54, 1.807) is 0 Å². The number of hydrogen-bond donors (Lipinski definition) is 1. The fourth-order valence-corrected chi connectivity index (χ4v) is 3.04. The summed E-state index contributed by atoms with van der Waals surface area (Å²) < 4.78 is 1.19. The maximum Gasteiger partial charge on any atom is 0.143 e. The highest BCUT2D eigenvalue weighted by atomic mass is 127. The molecule has 0 amide bonds. The lowest BCUT2D eigenvalue weighted by Gasteiger charge is -2.14. The molecule has 1 aromatic rings. The molecule has 0 spiro atoms. The van der Waals surface area contributed by atoms with Crippen molar-refractivity contribution in [2.24, 2.45) is 11.3 Å². The van der Waals surface area contributed by atoms with E-state index in [2.05, 4.69) is 62.5 Å². The van der Waals surface area contributed by atoms with Gasteiger partial charge in [-0.05, 0) is 53.7 Å². The molecule has 1 fully saturated rings. The number of nitrogens with one attached hydrogen (secondary N) is 1. The third kappa shape index (κ3) is 3.38. The zero-order valence-corrected chi connectivity index (χ0v) is 14.7. The normalized spacial score (nSPS) is 20.7. The first kappa shape index (κ1) is 15.0. The van der Waals surface area contributed by atoms with Crippen LogP contribution < -0.4 is 5.32 Å². The molecule has 0 aliphatic heterocycles. The van der Waals surface area contributed by atoms with Crippen molar-refractivity contribution in [2.75, 3.05) is 11.9 Å². The van der Waals surface area contributed by atoms with Crippen LogP contribution in [0.5, 0.6) is 0 Å². The van der Waals surface area contributed by atoms with Crippen molar-refractivity contribution in [3.8, 4) is 0 Å². The Kier molecular flexibility index (Phi) is 4.38. The minimum absolute atomic E-state index is 0.380. The second kappa shape index (κ2) is 5.54. The summed E-state index contributed by atoms with van der Waals surface area (Å²) in [6.07, 6.45) is 2.24. The van der Waals surface area contributed by atoms with Crippen LogP contribution in [-0.2, 0) is 6.42 Å². The molecule has 1 saturated carbocycles. The summed E-state index contributed by atoms with van der Waals surface area (Å²) >= 11 is 2.38. The molecule has 1 aliphatic carbocycles. The van der Waals surface area contributed by atoms with Crippen molar-refractivity contribution in [3.63, 3.8) is 0 Å². The first-order valence-electron chi connectivity index (χ1n) is 7.15. The zero-order chi connectivity index (χ0) is 14.2. The van der Waals surface area contributed by atoms with Gasteiger partial charge >= 0.3 is 0 Å². The van der Waals surface area contributed by atoms with Gasteiger partial charge < -0.3 is 5.32 Å². The molecule has 19 heavy (non-hydrogen) atoms. The molecule has 1 heterocycles. The van der Waals surface area contributed by atoms with E-state index in [0.717, 1.165) is 24.6 Å². The third-order valence-electron chi connectivity index (χ3n) is 3.71. The van der Waals surface area contributed by atoms with Crippen molar-refractivity contribution in [1.82, 2.24) is 9.97 Å². The average Bonchev–Trinajstić information content (AvgIpc) is 2.93. The van der Waals surface area contributed by atoms with Crippen LogP contribution in [0.1, 0.15) is 58.5 Å². The highest BCUT2D eigenvalue weighted by Crippen LogP contribution is 2.57. The van der Waals surface area contributed by atoms with E-state index in [0.29, 0.717) is 17.3 Å². The van der Waals surface area contributed by atoms with Crippen molar-refractivity contribution in [2.45, 2.75) is 53.4 Å². The lowest BCUT2D eigenvalue weighted by Crippen LogP contribution is -2.11. The standard InChI is InChI=1S/C15H24IN3/c1-6-17-14-12(16)11(7-9(2)3)18-13(19-14)10-8-15(10,4)5/h9-10H,6-8H2,1-5H3,(H,17,18,19). The molecule has 2 rings (SSSR count). The minimum Gasteiger partial charge on any atom is -0.369 e. The average molecular weight is 373 g/mol. The number of rotatable bonds is 5. The molecule has 0 aromatic carbocycles. The zero-order valence-electron chi connectivity index (χ0n) is 12.5. The van der Waals surface area contributed by atoms with Gasteiger partial charge in [0.2, 0.25) is 0 Å². The molecule has 1 N–H and O–H groups in total. The first-order chi connectivity index (χ1) is 8.85.